The molecule has 1 fully saturated rings. The van der Waals surface area contributed by atoms with E-state index < -0.39 is 0 Å². The number of aryl methyl sites for hydroxylation is 1. The minimum absolute atomic E-state index is 0.173. The highest BCUT2D eigenvalue weighted by atomic mass is 16.1. The van der Waals surface area contributed by atoms with Gasteiger partial charge in [0.15, 0.2) is 0 Å². The molecule has 0 aromatic heterocycles. The number of carbonyl (C=O) groups excluding carboxylic acids is 1. The van der Waals surface area contributed by atoms with E-state index in [1.165, 1.54) is 11.1 Å². The van der Waals surface area contributed by atoms with Crippen molar-refractivity contribution in [3.63, 3.8) is 0 Å². The van der Waals surface area contributed by atoms with Gasteiger partial charge in [0.2, 0.25) is 0 Å². The number of benzene rings is 1. The van der Waals surface area contributed by atoms with Gasteiger partial charge in [0, 0.05) is 17.8 Å². The lowest BCUT2D eigenvalue weighted by Gasteiger charge is -2.50. The van der Waals surface area contributed by atoms with Gasteiger partial charge in [-0.15, -0.1) is 0 Å². The fraction of sp³-hybridized carbons (Fsp3) is 0.462. The first-order chi connectivity index (χ1) is 6.72. The molecule has 1 heteroatoms. The predicted molar refractivity (Wildman–Crippen MR) is 55.2 cm³/mol. The first kappa shape index (κ1) is 8.22. The van der Waals surface area contributed by atoms with E-state index in [4.69, 9.17) is 0 Å². The van der Waals surface area contributed by atoms with Crippen LogP contribution in [-0.4, -0.2) is 5.78 Å². The van der Waals surface area contributed by atoms with Crippen LogP contribution < -0.4 is 0 Å². The van der Waals surface area contributed by atoms with E-state index in [9.17, 15) is 4.79 Å². The SMILES string of the molecule is CC12CC(=O)C1CCc1ccccc12. The molecule has 72 valence electrons. The van der Waals surface area contributed by atoms with Crippen LogP contribution in [0, 0.1) is 5.92 Å². The van der Waals surface area contributed by atoms with Crippen LogP contribution >= 0.6 is 0 Å². The molecule has 0 aliphatic heterocycles. The standard InChI is InChI=1S/C13H14O/c1-13-8-12(14)11(13)7-6-9-4-2-3-5-10(9)13/h2-5,11H,6-8H2,1H3. The molecule has 2 unspecified atom stereocenters. The molecular weight excluding hydrogens is 172 g/mol. The van der Waals surface area contributed by atoms with Gasteiger partial charge in [-0.1, -0.05) is 31.2 Å². The molecule has 0 heterocycles. The Kier molecular flexibility index (Phi) is 1.45. The Bertz CT molecular complexity index is 407. The lowest BCUT2D eigenvalue weighted by atomic mass is 9.52. The summed E-state index contributed by atoms with van der Waals surface area (Å²) in [6.45, 7) is 2.25. The molecule has 2 atom stereocenters. The van der Waals surface area contributed by atoms with Crippen molar-refractivity contribution in [2.45, 2.75) is 31.6 Å². The third kappa shape index (κ3) is 0.827. The first-order valence-corrected chi connectivity index (χ1v) is 5.33. The Hall–Kier alpha value is -1.11. The summed E-state index contributed by atoms with van der Waals surface area (Å²) in [5.41, 5.74) is 3.06. The van der Waals surface area contributed by atoms with Crippen molar-refractivity contribution in [3.05, 3.63) is 35.4 Å². The van der Waals surface area contributed by atoms with E-state index in [-0.39, 0.29) is 5.41 Å². The average molecular weight is 186 g/mol. The van der Waals surface area contributed by atoms with E-state index in [1.54, 1.807) is 0 Å². The van der Waals surface area contributed by atoms with Crippen molar-refractivity contribution in [2.24, 2.45) is 5.92 Å². The van der Waals surface area contributed by atoms with E-state index in [1.807, 2.05) is 0 Å². The molecule has 1 saturated carbocycles. The summed E-state index contributed by atoms with van der Waals surface area (Å²) < 4.78 is 0. The van der Waals surface area contributed by atoms with E-state index in [2.05, 4.69) is 31.2 Å². The second-order valence-corrected chi connectivity index (χ2v) is 4.81. The van der Waals surface area contributed by atoms with Crippen LogP contribution in [0.2, 0.25) is 0 Å². The zero-order valence-corrected chi connectivity index (χ0v) is 8.42. The maximum absolute atomic E-state index is 11.5. The van der Waals surface area contributed by atoms with Crippen molar-refractivity contribution in [1.29, 1.82) is 0 Å². The normalized spacial score (nSPS) is 34.4. The van der Waals surface area contributed by atoms with Gasteiger partial charge in [-0.3, -0.25) is 4.79 Å². The fourth-order valence-electron chi connectivity index (χ4n) is 3.19. The summed E-state index contributed by atoms with van der Waals surface area (Å²) in [5, 5.41) is 0. The molecule has 1 nitrogen and oxygen atoms in total. The molecule has 0 spiro atoms. The van der Waals surface area contributed by atoms with Crippen LogP contribution in [0.3, 0.4) is 0 Å². The van der Waals surface area contributed by atoms with Gasteiger partial charge < -0.3 is 0 Å². The van der Waals surface area contributed by atoms with Crippen LogP contribution in [0.1, 0.15) is 30.9 Å². The lowest BCUT2D eigenvalue weighted by Crippen LogP contribution is -2.52. The smallest absolute Gasteiger partial charge is 0.137 e. The Morgan fingerprint density at radius 2 is 2.14 bits per heavy atom. The number of carbonyl (C=O) groups is 1. The molecule has 2 aliphatic rings. The molecule has 1 aromatic carbocycles. The topological polar surface area (TPSA) is 17.1 Å². The second kappa shape index (κ2) is 2.47. The zero-order valence-electron chi connectivity index (χ0n) is 8.42. The molecule has 2 aliphatic carbocycles. The Morgan fingerprint density at radius 3 is 2.93 bits per heavy atom. The molecule has 0 amide bonds. The van der Waals surface area contributed by atoms with Gasteiger partial charge in [0.25, 0.3) is 0 Å². The molecule has 3 rings (SSSR count). The van der Waals surface area contributed by atoms with Crippen molar-refractivity contribution in [3.8, 4) is 0 Å². The number of rotatable bonds is 0. The number of hydrogen-bond donors (Lipinski definition) is 0. The van der Waals surface area contributed by atoms with Gasteiger partial charge in [-0.2, -0.15) is 0 Å². The largest absolute Gasteiger partial charge is 0.299 e. The van der Waals surface area contributed by atoms with Crippen LogP contribution in [0.25, 0.3) is 0 Å². The number of Topliss-reactive ketones (excluding diaryl/α,β-unsaturated/α-hetero) is 1. The monoisotopic (exact) mass is 186 g/mol. The fourth-order valence-corrected chi connectivity index (χ4v) is 3.19. The van der Waals surface area contributed by atoms with Crippen LogP contribution in [0.15, 0.2) is 24.3 Å². The van der Waals surface area contributed by atoms with Crippen LogP contribution in [0.5, 0.6) is 0 Å². The summed E-state index contributed by atoms with van der Waals surface area (Å²) in [5.74, 6) is 0.791. The van der Waals surface area contributed by atoms with Crippen LogP contribution in [0.4, 0.5) is 0 Å². The minimum atomic E-state index is 0.173. The highest BCUT2D eigenvalue weighted by Gasteiger charge is 2.52. The third-order valence-electron chi connectivity index (χ3n) is 4.03. The van der Waals surface area contributed by atoms with E-state index in [0.29, 0.717) is 11.7 Å². The zero-order chi connectivity index (χ0) is 9.76. The number of hydrogen-bond acceptors (Lipinski definition) is 1. The summed E-state index contributed by atoms with van der Waals surface area (Å²) >= 11 is 0. The average Bonchev–Trinajstić information content (AvgIpc) is 2.17. The van der Waals surface area contributed by atoms with Gasteiger partial charge >= 0.3 is 0 Å². The Morgan fingerprint density at radius 1 is 1.36 bits per heavy atom. The summed E-state index contributed by atoms with van der Waals surface area (Å²) in [6.07, 6.45) is 2.91. The molecule has 14 heavy (non-hydrogen) atoms. The van der Waals surface area contributed by atoms with Crippen molar-refractivity contribution >= 4 is 5.78 Å². The van der Waals surface area contributed by atoms with E-state index >= 15 is 0 Å². The quantitative estimate of drug-likeness (QED) is 0.608. The summed E-state index contributed by atoms with van der Waals surface area (Å²) in [4.78, 5) is 11.5. The molecule has 0 N–H and O–H groups in total. The molecule has 0 saturated heterocycles. The maximum Gasteiger partial charge on any atom is 0.137 e. The molecular formula is C13H14O. The maximum atomic E-state index is 11.5. The number of ketones is 1. The molecule has 0 bridgehead atoms. The minimum Gasteiger partial charge on any atom is -0.299 e. The summed E-state index contributed by atoms with van der Waals surface area (Å²) in [6, 6.07) is 8.60. The van der Waals surface area contributed by atoms with Crippen LogP contribution in [-0.2, 0) is 16.6 Å². The van der Waals surface area contributed by atoms with Crippen molar-refractivity contribution in [2.75, 3.05) is 0 Å². The Balaban J connectivity index is 2.14. The first-order valence-electron chi connectivity index (χ1n) is 5.33. The Labute approximate surface area is 84.1 Å². The predicted octanol–water partition coefficient (Wildman–Crippen LogP) is 2.48. The highest BCUT2D eigenvalue weighted by Crippen LogP contribution is 2.52. The van der Waals surface area contributed by atoms with Gasteiger partial charge in [0.1, 0.15) is 5.78 Å². The van der Waals surface area contributed by atoms with Crippen molar-refractivity contribution in [1.82, 2.24) is 0 Å². The van der Waals surface area contributed by atoms with E-state index in [0.717, 1.165) is 19.3 Å². The second-order valence-electron chi connectivity index (χ2n) is 4.81. The molecule has 0 radical (unpaired) electrons. The van der Waals surface area contributed by atoms with Gasteiger partial charge in [-0.05, 0) is 24.0 Å². The van der Waals surface area contributed by atoms with Gasteiger partial charge in [0.05, 0.1) is 0 Å². The number of fused-ring (bicyclic) bond motifs is 3. The van der Waals surface area contributed by atoms with Gasteiger partial charge in [-0.25, -0.2) is 0 Å². The summed E-state index contributed by atoms with van der Waals surface area (Å²) in [7, 11) is 0. The highest BCUT2D eigenvalue weighted by molar-refractivity contribution is 5.91. The molecule has 1 aromatic rings. The third-order valence-corrected chi connectivity index (χ3v) is 4.03. The lowest BCUT2D eigenvalue weighted by molar-refractivity contribution is -0.136. The van der Waals surface area contributed by atoms with Crippen molar-refractivity contribution < 1.29 is 4.79 Å².